The van der Waals surface area contributed by atoms with Crippen molar-refractivity contribution in [2.75, 3.05) is 13.7 Å². The summed E-state index contributed by atoms with van der Waals surface area (Å²) in [5.74, 6) is 2.73. The van der Waals surface area contributed by atoms with Crippen LogP contribution in [0.15, 0.2) is 30.6 Å². The van der Waals surface area contributed by atoms with Gasteiger partial charge in [-0.1, -0.05) is 0 Å². The molecule has 0 fully saturated rings. The Morgan fingerprint density at radius 2 is 2.47 bits per heavy atom. The van der Waals surface area contributed by atoms with Crippen LogP contribution in [0, 0.1) is 0 Å². The molecule has 0 spiro atoms. The zero-order valence-electron chi connectivity index (χ0n) is 10.8. The van der Waals surface area contributed by atoms with Gasteiger partial charge in [-0.25, -0.2) is 4.98 Å². The van der Waals surface area contributed by atoms with Crippen LogP contribution in [-0.4, -0.2) is 23.7 Å². The zero-order valence-corrected chi connectivity index (χ0v) is 10.8. The van der Waals surface area contributed by atoms with E-state index in [0.717, 1.165) is 35.9 Å². The number of ether oxygens (including phenoxy) is 2. The van der Waals surface area contributed by atoms with Crippen LogP contribution in [-0.2, 0) is 6.54 Å². The van der Waals surface area contributed by atoms with Gasteiger partial charge in [-0.05, 0) is 18.2 Å². The second kappa shape index (κ2) is 5.32. The van der Waals surface area contributed by atoms with Gasteiger partial charge in [0.25, 0.3) is 0 Å². The largest absolute Gasteiger partial charge is 0.497 e. The fourth-order valence-corrected chi connectivity index (χ4v) is 2.33. The fourth-order valence-electron chi connectivity index (χ4n) is 2.33. The highest BCUT2D eigenvalue weighted by molar-refractivity contribution is 5.43. The van der Waals surface area contributed by atoms with Crippen molar-refractivity contribution in [3.05, 3.63) is 42.0 Å². The molecular weight excluding hydrogens is 242 g/mol. The highest BCUT2D eigenvalue weighted by Crippen LogP contribution is 2.34. The highest BCUT2D eigenvalue weighted by atomic mass is 16.5. The molecule has 5 heteroatoms. The number of fused-ring (bicyclic) bond motifs is 1. The molecule has 100 valence electrons. The summed E-state index contributed by atoms with van der Waals surface area (Å²) in [6.45, 7) is 1.45. The summed E-state index contributed by atoms with van der Waals surface area (Å²) in [7, 11) is 1.68. The molecule has 0 radical (unpaired) electrons. The maximum Gasteiger partial charge on any atom is 0.124 e. The smallest absolute Gasteiger partial charge is 0.124 e. The number of nitrogens with zero attached hydrogens (tertiary/aromatic N) is 1. The van der Waals surface area contributed by atoms with Crippen molar-refractivity contribution < 1.29 is 9.47 Å². The normalized spacial score (nSPS) is 17.6. The van der Waals surface area contributed by atoms with Crippen molar-refractivity contribution in [3.63, 3.8) is 0 Å². The van der Waals surface area contributed by atoms with Crippen molar-refractivity contribution >= 4 is 0 Å². The Balaban J connectivity index is 1.77. The van der Waals surface area contributed by atoms with Crippen LogP contribution in [0.3, 0.4) is 0 Å². The van der Waals surface area contributed by atoms with Crippen LogP contribution in [0.25, 0.3) is 0 Å². The SMILES string of the molecule is COc1ccc2c(c1)C(NCc1ncc[nH]1)CCO2. The summed E-state index contributed by atoms with van der Waals surface area (Å²) in [5.41, 5.74) is 1.15. The minimum Gasteiger partial charge on any atom is -0.497 e. The molecule has 0 bridgehead atoms. The number of benzene rings is 1. The van der Waals surface area contributed by atoms with E-state index < -0.39 is 0 Å². The Bertz CT molecular complexity index is 540. The number of aromatic amines is 1. The van der Waals surface area contributed by atoms with Gasteiger partial charge in [0.05, 0.1) is 20.3 Å². The van der Waals surface area contributed by atoms with Crippen LogP contribution in [0.5, 0.6) is 11.5 Å². The number of imidazole rings is 1. The third kappa shape index (κ3) is 2.56. The molecule has 1 unspecified atom stereocenters. The van der Waals surface area contributed by atoms with Crippen LogP contribution in [0.4, 0.5) is 0 Å². The van der Waals surface area contributed by atoms with Crippen molar-refractivity contribution in [1.29, 1.82) is 0 Å². The monoisotopic (exact) mass is 259 g/mol. The van der Waals surface area contributed by atoms with Gasteiger partial charge in [0.1, 0.15) is 17.3 Å². The predicted molar refractivity (Wildman–Crippen MR) is 71.3 cm³/mol. The van der Waals surface area contributed by atoms with E-state index in [1.54, 1.807) is 13.3 Å². The Kier molecular flexibility index (Phi) is 3.37. The first kappa shape index (κ1) is 12.0. The minimum absolute atomic E-state index is 0.268. The molecule has 0 saturated carbocycles. The van der Waals surface area contributed by atoms with Gasteiger partial charge < -0.3 is 19.8 Å². The summed E-state index contributed by atoms with van der Waals surface area (Å²) < 4.78 is 10.9. The number of hydrogen-bond donors (Lipinski definition) is 2. The number of methoxy groups -OCH3 is 1. The number of hydrogen-bond acceptors (Lipinski definition) is 4. The number of rotatable bonds is 4. The van der Waals surface area contributed by atoms with E-state index >= 15 is 0 Å². The van der Waals surface area contributed by atoms with Crippen molar-refractivity contribution in [2.24, 2.45) is 0 Å². The van der Waals surface area contributed by atoms with Crippen LogP contribution in [0.2, 0.25) is 0 Å². The van der Waals surface area contributed by atoms with E-state index in [2.05, 4.69) is 15.3 Å². The van der Waals surface area contributed by atoms with Gasteiger partial charge in [-0.2, -0.15) is 0 Å². The lowest BCUT2D eigenvalue weighted by molar-refractivity contribution is 0.250. The zero-order chi connectivity index (χ0) is 13.1. The van der Waals surface area contributed by atoms with E-state index in [1.165, 1.54) is 0 Å². The summed E-state index contributed by atoms with van der Waals surface area (Å²) in [6, 6.07) is 6.20. The van der Waals surface area contributed by atoms with Gasteiger partial charge in [0, 0.05) is 30.4 Å². The maximum atomic E-state index is 5.67. The molecule has 1 aliphatic rings. The van der Waals surface area contributed by atoms with E-state index in [9.17, 15) is 0 Å². The van der Waals surface area contributed by atoms with Crippen LogP contribution < -0.4 is 14.8 Å². The molecule has 2 heterocycles. The van der Waals surface area contributed by atoms with Crippen molar-refractivity contribution in [2.45, 2.75) is 19.0 Å². The van der Waals surface area contributed by atoms with Gasteiger partial charge in [-0.15, -0.1) is 0 Å². The van der Waals surface area contributed by atoms with E-state index in [-0.39, 0.29) is 6.04 Å². The number of nitrogens with one attached hydrogen (secondary N) is 2. The topological polar surface area (TPSA) is 59.2 Å². The van der Waals surface area contributed by atoms with Crippen molar-refractivity contribution in [3.8, 4) is 11.5 Å². The molecule has 2 aromatic rings. The predicted octanol–water partition coefficient (Wildman–Crippen LogP) is 2.03. The van der Waals surface area contributed by atoms with Gasteiger partial charge in [0.2, 0.25) is 0 Å². The van der Waals surface area contributed by atoms with Gasteiger partial charge >= 0.3 is 0 Å². The van der Waals surface area contributed by atoms with Crippen LogP contribution in [0.1, 0.15) is 23.9 Å². The van der Waals surface area contributed by atoms with Crippen molar-refractivity contribution in [1.82, 2.24) is 15.3 Å². The quantitative estimate of drug-likeness (QED) is 0.882. The number of aromatic nitrogens is 2. The molecule has 0 saturated heterocycles. The first-order valence-corrected chi connectivity index (χ1v) is 6.39. The lowest BCUT2D eigenvalue weighted by Crippen LogP contribution is -2.27. The summed E-state index contributed by atoms with van der Waals surface area (Å²) in [5, 5.41) is 3.50. The second-order valence-corrected chi connectivity index (χ2v) is 4.51. The second-order valence-electron chi connectivity index (χ2n) is 4.51. The van der Waals surface area contributed by atoms with E-state index in [0.29, 0.717) is 6.54 Å². The molecule has 19 heavy (non-hydrogen) atoms. The summed E-state index contributed by atoms with van der Waals surface area (Å²) in [6.07, 6.45) is 4.54. The molecule has 0 aliphatic carbocycles. The lowest BCUT2D eigenvalue weighted by Gasteiger charge is -2.27. The molecule has 1 aromatic heterocycles. The van der Waals surface area contributed by atoms with E-state index in [1.807, 2.05) is 24.4 Å². The maximum absolute atomic E-state index is 5.67. The third-order valence-corrected chi connectivity index (χ3v) is 3.33. The lowest BCUT2D eigenvalue weighted by atomic mass is 10.00. The Labute approximate surface area is 112 Å². The van der Waals surface area contributed by atoms with Crippen LogP contribution >= 0.6 is 0 Å². The molecule has 1 aliphatic heterocycles. The minimum atomic E-state index is 0.268. The molecule has 1 aromatic carbocycles. The Morgan fingerprint density at radius 1 is 1.53 bits per heavy atom. The Morgan fingerprint density at radius 3 is 3.26 bits per heavy atom. The standard InChI is InChI=1S/C14H17N3O2/c1-18-10-2-3-13-11(8-10)12(4-7-19-13)17-9-14-15-5-6-16-14/h2-3,5-6,8,12,17H,4,7,9H2,1H3,(H,15,16). The molecule has 5 nitrogen and oxygen atoms in total. The highest BCUT2D eigenvalue weighted by Gasteiger charge is 2.21. The average molecular weight is 259 g/mol. The Hall–Kier alpha value is -2.01. The third-order valence-electron chi connectivity index (χ3n) is 3.33. The molecule has 0 amide bonds. The van der Waals surface area contributed by atoms with Gasteiger partial charge in [-0.3, -0.25) is 0 Å². The molecule has 3 rings (SSSR count). The average Bonchev–Trinajstić information content (AvgIpc) is 2.97. The fraction of sp³-hybridized carbons (Fsp3) is 0.357. The molecule has 1 atom stereocenters. The molecule has 2 N–H and O–H groups in total. The summed E-state index contributed by atoms with van der Waals surface area (Å²) in [4.78, 5) is 7.31. The van der Waals surface area contributed by atoms with Gasteiger partial charge in [0.15, 0.2) is 0 Å². The summed E-state index contributed by atoms with van der Waals surface area (Å²) >= 11 is 0. The first-order chi connectivity index (χ1) is 9.36. The first-order valence-electron chi connectivity index (χ1n) is 6.39. The van der Waals surface area contributed by atoms with E-state index in [4.69, 9.17) is 9.47 Å². The molecular formula is C14H17N3O2. The number of H-pyrrole nitrogens is 1.